The second-order valence-electron chi connectivity index (χ2n) is 9.15. The van der Waals surface area contributed by atoms with Gasteiger partial charge in [0.2, 0.25) is 0 Å². The number of pyridine rings is 2. The van der Waals surface area contributed by atoms with E-state index >= 15 is 0 Å². The third-order valence-corrected chi connectivity index (χ3v) is 7.27. The first kappa shape index (κ1) is 24.8. The van der Waals surface area contributed by atoms with Crippen LogP contribution in [0, 0.1) is 13.8 Å². The molecule has 2 aromatic carbocycles. The summed E-state index contributed by atoms with van der Waals surface area (Å²) in [4.78, 5) is 22.0. The minimum absolute atomic E-state index is 0.270. The van der Waals surface area contributed by atoms with Crippen LogP contribution in [-0.4, -0.2) is 16.1 Å². The number of ether oxygens (including phenoxy) is 4. The van der Waals surface area contributed by atoms with Gasteiger partial charge in [0.25, 0.3) is 0 Å². The van der Waals surface area contributed by atoms with Crippen LogP contribution in [0.2, 0.25) is 10.0 Å². The summed E-state index contributed by atoms with van der Waals surface area (Å²) in [6.45, 7) is 4.09. The lowest BCUT2D eigenvalue weighted by atomic mass is 10.0. The monoisotopic (exact) mass is 548 g/mol. The third-order valence-electron chi connectivity index (χ3n) is 6.77. The predicted octanol–water partition coefficient (Wildman–Crippen LogP) is 7.22. The van der Waals surface area contributed by atoms with Crippen molar-refractivity contribution in [2.75, 3.05) is 0 Å². The van der Waals surface area contributed by atoms with Crippen molar-refractivity contribution in [3.63, 3.8) is 0 Å². The average molecular weight is 549 g/mol. The molecule has 0 spiro atoms. The van der Waals surface area contributed by atoms with E-state index in [4.69, 9.17) is 42.1 Å². The molecular weight excluding hydrogens is 527 g/mol. The van der Waals surface area contributed by atoms with Gasteiger partial charge in [0, 0.05) is 44.7 Å². The first-order chi connectivity index (χ1) is 18.4. The molecule has 0 saturated carbocycles. The Morgan fingerprint density at radius 2 is 1.13 bits per heavy atom. The van der Waals surface area contributed by atoms with Crippen LogP contribution in [0.4, 0.5) is 4.79 Å². The molecule has 2 unspecified atom stereocenters. The highest BCUT2D eigenvalue weighted by atomic mass is 35.5. The summed E-state index contributed by atoms with van der Waals surface area (Å²) in [5.41, 5.74) is 6.16. The van der Waals surface area contributed by atoms with Gasteiger partial charge in [-0.05, 0) is 49.2 Å². The van der Waals surface area contributed by atoms with Crippen molar-refractivity contribution in [1.29, 1.82) is 0 Å². The molecule has 6 rings (SSSR count). The second-order valence-corrected chi connectivity index (χ2v) is 10.0. The summed E-state index contributed by atoms with van der Waals surface area (Å²) < 4.78 is 23.5. The van der Waals surface area contributed by atoms with Gasteiger partial charge in [-0.15, -0.1) is 0 Å². The Labute approximate surface area is 229 Å². The number of benzene rings is 2. The largest absolute Gasteiger partial charge is 0.519 e. The van der Waals surface area contributed by atoms with Gasteiger partial charge < -0.3 is 18.9 Å². The minimum Gasteiger partial charge on any atom is -0.392 e. The first-order valence-corrected chi connectivity index (χ1v) is 12.7. The Bertz CT molecular complexity index is 1430. The summed E-state index contributed by atoms with van der Waals surface area (Å²) >= 11 is 12.1. The van der Waals surface area contributed by atoms with E-state index in [1.54, 1.807) is 26.2 Å². The second kappa shape index (κ2) is 10.0. The summed E-state index contributed by atoms with van der Waals surface area (Å²) in [6.07, 6.45) is 1.95. The minimum atomic E-state index is -0.883. The smallest absolute Gasteiger partial charge is 0.392 e. The number of aryl methyl sites for hydroxylation is 2. The van der Waals surface area contributed by atoms with Gasteiger partial charge in [-0.25, -0.2) is 4.79 Å². The van der Waals surface area contributed by atoms with Crippen molar-refractivity contribution in [3.8, 4) is 11.5 Å². The van der Waals surface area contributed by atoms with Crippen LogP contribution >= 0.6 is 23.2 Å². The molecule has 0 saturated heterocycles. The molecule has 2 aliphatic rings. The number of rotatable bonds is 4. The highest BCUT2D eigenvalue weighted by Gasteiger charge is 2.33. The number of hydrogen-bond acceptors (Lipinski definition) is 7. The fraction of sp³-hybridized carbons (Fsp3) is 0.207. The van der Waals surface area contributed by atoms with E-state index in [9.17, 15) is 4.79 Å². The molecule has 0 amide bonds. The predicted molar refractivity (Wildman–Crippen MR) is 141 cm³/mol. The quantitative estimate of drug-likeness (QED) is 0.249. The van der Waals surface area contributed by atoms with Gasteiger partial charge in [0.1, 0.15) is 12.2 Å². The van der Waals surface area contributed by atoms with E-state index in [-0.39, 0.29) is 25.4 Å². The third kappa shape index (κ3) is 4.52. The number of fused-ring (bicyclic) bond motifs is 2. The van der Waals surface area contributed by atoms with Crippen molar-refractivity contribution in [1.82, 2.24) is 9.97 Å². The number of nitrogens with zero attached hydrogens (tertiary/aromatic N) is 2. The molecule has 0 radical (unpaired) electrons. The molecule has 38 heavy (non-hydrogen) atoms. The topological polar surface area (TPSA) is 79.8 Å². The lowest BCUT2D eigenvalue weighted by Gasteiger charge is -2.15. The van der Waals surface area contributed by atoms with Crippen molar-refractivity contribution >= 4 is 29.4 Å². The zero-order valence-electron chi connectivity index (χ0n) is 20.5. The van der Waals surface area contributed by atoms with E-state index in [0.29, 0.717) is 32.9 Å². The van der Waals surface area contributed by atoms with E-state index in [0.717, 1.165) is 33.4 Å². The van der Waals surface area contributed by atoms with Gasteiger partial charge in [-0.1, -0.05) is 47.5 Å². The average Bonchev–Trinajstić information content (AvgIpc) is 3.53. The lowest BCUT2D eigenvalue weighted by molar-refractivity contribution is 0.0921. The molecule has 0 N–H and O–H groups in total. The number of carbonyl (C=O) groups excluding carboxylic acids is 1. The van der Waals surface area contributed by atoms with Gasteiger partial charge in [0.05, 0.1) is 24.6 Å². The molecule has 2 aliphatic heterocycles. The zero-order chi connectivity index (χ0) is 26.4. The number of carbonyl (C=O) groups is 1. The molecule has 0 fully saturated rings. The lowest BCUT2D eigenvalue weighted by Crippen LogP contribution is -2.18. The number of aromatic nitrogens is 2. The number of hydrogen-bond donors (Lipinski definition) is 0. The van der Waals surface area contributed by atoms with Crippen LogP contribution < -0.4 is 9.47 Å². The fourth-order valence-electron chi connectivity index (χ4n) is 4.85. The van der Waals surface area contributed by atoms with Crippen LogP contribution in [-0.2, 0) is 22.7 Å². The Kier molecular flexibility index (Phi) is 6.53. The standard InChI is InChI=1S/C29H22Cl2N2O5/c1-15-25(23-13-35-27(21(23)11-32-15)17-3-7-19(30)8-4-17)37-29(34)38-26-16(2)33-12-22-24(26)14-36-28(22)18-5-9-20(31)10-6-18/h3-12,27-28H,13-14H2,1-2H3. The zero-order valence-corrected chi connectivity index (χ0v) is 22.0. The van der Waals surface area contributed by atoms with E-state index in [2.05, 4.69) is 9.97 Å². The molecule has 0 bridgehead atoms. The molecule has 192 valence electrons. The molecule has 0 aliphatic carbocycles. The molecular formula is C29H22Cl2N2O5. The van der Waals surface area contributed by atoms with Crippen LogP contribution in [0.3, 0.4) is 0 Å². The van der Waals surface area contributed by atoms with Crippen molar-refractivity contribution < 1.29 is 23.7 Å². The maximum Gasteiger partial charge on any atom is 0.519 e. The van der Waals surface area contributed by atoms with E-state index in [1.807, 2.05) is 48.5 Å². The summed E-state index contributed by atoms with van der Waals surface area (Å²) in [6, 6.07) is 14.9. The van der Waals surface area contributed by atoms with Gasteiger partial charge in [-0.2, -0.15) is 0 Å². The molecule has 4 heterocycles. The molecule has 7 nitrogen and oxygen atoms in total. The van der Waals surface area contributed by atoms with Gasteiger partial charge in [0.15, 0.2) is 11.5 Å². The van der Waals surface area contributed by atoms with E-state index < -0.39 is 6.16 Å². The van der Waals surface area contributed by atoms with E-state index in [1.165, 1.54) is 0 Å². The summed E-state index contributed by atoms with van der Waals surface area (Å²) in [7, 11) is 0. The molecule has 4 aromatic rings. The summed E-state index contributed by atoms with van der Waals surface area (Å²) in [5.74, 6) is 0.662. The van der Waals surface area contributed by atoms with Gasteiger partial charge >= 0.3 is 6.16 Å². The molecule has 2 atom stereocenters. The maximum absolute atomic E-state index is 13.1. The Morgan fingerprint density at radius 3 is 1.53 bits per heavy atom. The highest BCUT2D eigenvalue weighted by molar-refractivity contribution is 6.30. The Balaban J connectivity index is 1.25. The van der Waals surface area contributed by atoms with Crippen LogP contribution in [0.25, 0.3) is 0 Å². The molecule has 9 heteroatoms. The molecule has 2 aromatic heterocycles. The highest BCUT2D eigenvalue weighted by Crippen LogP contribution is 2.43. The Hall–Kier alpha value is -3.49. The summed E-state index contributed by atoms with van der Waals surface area (Å²) in [5, 5.41) is 1.28. The normalized spacial score (nSPS) is 17.7. The van der Waals surface area contributed by atoms with Crippen molar-refractivity contribution in [2.45, 2.75) is 39.3 Å². The first-order valence-electron chi connectivity index (χ1n) is 12.0. The Morgan fingerprint density at radius 1 is 0.737 bits per heavy atom. The maximum atomic E-state index is 13.1. The van der Waals surface area contributed by atoms with Crippen LogP contribution in [0.5, 0.6) is 11.5 Å². The fourth-order valence-corrected chi connectivity index (χ4v) is 5.10. The van der Waals surface area contributed by atoms with Gasteiger partial charge in [-0.3, -0.25) is 9.97 Å². The van der Waals surface area contributed by atoms with Crippen molar-refractivity contribution in [3.05, 3.63) is 116 Å². The number of halogens is 2. The van der Waals surface area contributed by atoms with Crippen LogP contribution in [0.15, 0.2) is 60.9 Å². The van der Waals surface area contributed by atoms with Crippen molar-refractivity contribution in [2.24, 2.45) is 0 Å². The van der Waals surface area contributed by atoms with Crippen LogP contribution in [0.1, 0.15) is 57.0 Å². The SMILES string of the molecule is Cc1ncc2c(c1OC(=O)Oc1c(C)ncc3c1COC3c1ccc(Cl)cc1)COC2c1ccc(Cl)cc1.